The molecule has 0 aromatic carbocycles. The van der Waals surface area contributed by atoms with Crippen molar-refractivity contribution in [3.8, 4) is 0 Å². The average Bonchev–Trinajstić information content (AvgIpc) is 2.18. The summed E-state index contributed by atoms with van der Waals surface area (Å²) in [6, 6.07) is 0. The molecule has 15 heavy (non-hydrogen) atoms. The van der Waals surface area contributed by atoms with Crippen LogP contribution in [0.1, 0.15) is 58.8 Å². The fourth-order valence-electron chi connectivity index (χ4n) is 2.03. The Balaban J connectivity index is 2.06. The first-order valence-corrected chi connectivity index (χ1v) is 6.32. The minimum Gasteiger partial charge on any atom is -0.378 e. The third kappa shape index (κ3) is 5.93. The number of Topliss-reactive ketones (excluding diaryl/α,β-unsaturated/α-hetero) is 1. The molecule has 1 saturated heterocycles. The highest BCUT2D eigenvalue weighted by atomic mass is 16.5. The van der Waals surface area contributed by atoms with Crippen LogP contribution in [0.25, 0.3) is 0 Å². The summed E-state index contributed by atoms with van der Waals surface area (Å²) in [6.07, 6.45) is 7.31. The van der Waals surface area contributed by atoms with Crippen molar-refractivity contribution >= 4 is 5.78 Å². The molecule has 1 aliphatic heterocycles. The van der Waals surface area contributed by atoms with Crippen LogP contribution in [-0.2, 0) is 9.53 Å². The number of carbonyl (C=O) groups is 1. The Kier molecular flexibility index (Phi) is 5.92. The molecule has 1 heterocycles. The molecule has 1 rings (SSSR count). The van der Waals surface area contributed by atoms with Crippen molar-refractivity contribution in [1.82, 2.24) is 0 Å². The van der Waals surface area contributed by atoms with Gasteiger partial charge in [0.2, 0.25) is 0 Å². The predicted octanol–water partition coefficient (Wildman–Crippen LogP) is 3.34. The number of carbonyl (C=O) groups excluding carboxylic acids is 1. The van der Waals surface area contributed by atoms with Gasteiger partial charge in [0.1, 0.15) is 5.78 Å². The number of rotatable bonds is 6. The summed E-state index contributed by atoms with van der Waals surface area (Å²) < 4.78 is 5.56. The summed E-state index contributed by atoms with van der Waals surface area (Å²) in [4.78, 5) is 11.6. The molecule has 2 heteroatoms. The summed E-state index contributed by atoms with van der Waals surface area (Å²) in [7, 11) is 0. The number of ether oxygens (including phenoxy) is 1. The summed E-state index contributed by atoms with van der Waals surface area (Å²) in [5, 5.41) is 0. The molecule has 0 aromatic rings. The average molecular weight is 212 g/mol. The van der Waals surface area contributed by atoms with Gasteiger partial charge < -0.3 is 4.74 Å². The maximum Gasteiger partial charge on any atom is 0.135 e. The highest BCUT2D eigenvalue weighted by Gasteiger charge is 2.17. The van der Waals surface area contributed by atoms with Gasteiger partial charge in [0, 0.05) is 19.4 Å². The summed E-state index contributed by atoms with van der Waals surface area (Å²) >= 11 is 0. The van der Waals surface area contributed by atoms with Crippen molar-refractivity contribution in [3.05, 3.63) is 0 Å². The van der Waals surface area contributed by atoms with E-state index in [-0.39, 0.29) is 6.10 Å². The predicted molar refractivity (Wildman–Crippen MR) is 61.9 cm³/mol. The van der Waals surface area contributed by atoms with E-state index in [0.29, 0.717) is 18.1 Å². The maximum atomic E-state index is 11.6. The summed E-state index contributed by atoms with van der Waals surface area (Å²) in [6.45, 7) is 5.26. The van der Waals surface area contributed by atoms with Crippen molar-refractivity contribution in [2.45, 2.75) is 64.9 Å². The van der Waals surface area contributed by atoms with Crippen molar-refractivity contribution in [3.63, 3.8) is 0 Å². The van der Waals surface area contributed by atoms with Crippen LogP contribution in [-0.4, -0.2) is 18.5 Å². The lowest BCUT2D eigenvalue weighted by Crippen LogP contribution is -2.22. The lowest BCUT2D eigenvalue weighted by atomic mass is 9.99. The van der Waals surface area contributed by atoms with E-state index in [2.05, 4.69) is 13.8 Å². The van der Waals surface area contributed by atoms with Crippen LogP contribution in [0.3, 0.4) is 0 Å². The molecule has 1 unspecified atom stereocenters. The molecule has 0 amide bonds. The fourth-order valence-corrected chi connectivity index (χ4v) is 2.03. The van der Waals surface area contributed by atoms with Gasteiger partial charge in [0.05, 0.1) is 6.10 Å². The van der Waals surface area contributed by atoms with Gasteiger partial charge in [-0.1, -0.05) is 20.3 Å². The van der Waals surface area contributed by atoms with Gasteiger partial charge >= 0.3 is 0 Å². The first-order valence-electron chi connectivity index (χ1n) is 6.32. The molecule has 88 valence electrons. The van der Waals surface area contributed by atoms with Gasteiger partial charge in [-0.3, -0.25) is 4.79 Å². The van der Waals surface area contributed by atoms with E-state index in [4.69, 9.17) is 4.74 Å². The lowest BCUT2D eigenvalue weighted by Gasteiger charge is -2.21. The quantitative estimate of drug-likeness (QED) is 0.675. The van der Waals surface area contributed by atoms with Gasteiger partial charge in [0.25, 0.3) is 0 Å². The Hall–Kier alpha value is -0.370. The van der Waals surface area contributed by atoms with E-state index in [9.17, 15) is 4.79 Å². The zero-order chi connectivity index (χ0) is 11.1. The van der Waals surface area contributed by atoms with E-state index >= 15 is 0 Å². The van der Waals surface area contributed by atoms with Gasteiger partial charge in [0.15, 0.2) is 0 Å². The Labute approximate surface area is 93.4 Å². The zero-order valence-electron chi connectivity index (χ0n) is 10.1. The summed E-state index contributed by atoms with van der Waals surface area (Å²) in [5.41, 5.74) is 0. The van der Waals surface area contributed by atoms with Crippen molar-refractivity contribution < 1.29 is 9.53 Å². The molecule has 2 nitrogen and oxygen atoms in total. The van der Waals surface area contributed by atoms with E-state index in [0.717, 1.165) is 38.7 Å². The van der Waals surface area contributed by atoms with Crippen LogP contribution < -0.4 is 0 Å². The number of hydrogen-bond donors (Lipinski definition) is 0. The van der Waals surface area contributed by atoms with Crippen molar-refractivity contribution in [1.29, 1.82) is 0 Å². The third-order valence-corrected chi connectivity index (χ3v) is 2.97. The number of ketones is 1. The van der Waals surface area contributed by atoms with E-state index in [1.165, 1.54) is 6.42 Å². The second kappa shape index (κ2) is 7.00. The molecule has 0 N–H and O–H groups in total. The Morgan fingerprint density at radius 3 is 2.80 bits per heavy atom. The Morgan fingerprint density at radius 1 is 1.40 bits per heavy atom. The van der Waals surface area contributed by atoms with E-state index in [1.54, 1.807) is 0 Å². The van der Waals surface area contributed by atoms with Crippen molar-refractivity contribution in [2.24, 2.45) is 5.92 Å². The van der Waals surface area contributed by atoms with Crippen LogP contribution in [0.4, 0.5) is 0 Å². The molecule has 0 radical (unpaired) electrons. The van der Waals surface area contributed by atoms with Gasteiger partial charge in [-0.25, -0.2) is 0 Å². The minimum absolute atomic E-state index is 0.227. The molecular weight excluding hydrogens is 188 g/mol. The molecule has 1 fully saturated rings. The van der Waals surface area contributed by atoms with E-state index < -0.39 is 0 Å². The first kappa shape index (κ1) is 12.7. The number of hydrogen-bond acceptors (Lipinski definition) is 2. The smallest absolute Gasteiger partial charge is 0.135 e. The van der Waals surface area contributed by atoms with Crippen molar-refractivity contribution in [2.75, 3.05) is 6.61 Å². The normalized spacial score (nSPS) is 21.9. The maximum absolute atomic E-state index is 11.6. The van der Waals surface area contributed by atoms with E-state index in [1.807, 2.05) is 0 Å². The van der Waals surface area contributed by atoms with Crippen LogP contribution in [0.2, 0.25) is 0 Å². The topological polar surface area (TPSA) is 26.3 Å². The molecule has 0 spiro atoms. The van der Waals surface area contributed by atoms with Crippen LogP contribution in [0.5, 0.6) is 0 Å². The summed E-state index contributed by atoms with van der Waals surface area (Å²) in [5.74, 6) is 1.10. The zero-order valence-corrected chi connectivity index (χ0v) is 10.1. The molecule has 1 atom stereocenters. The van der Waals surface area contributed by atoms with Crippen LogP contribution in [0, 0.1) is 5.92 Å². The second-order valence-electron chi connectivity index (χ2n) is 5.02. The monoisotopic (exact) mass is 212 g/mol. The highest BCUT2D eigenvalue weighted by Crippen LogP contribution is 2.17. The first-order chi connectivity index (χ1) is 7.18. The van der Waals surface area contributed by atoms with Gasteiger partial charge in [-0.2, -0.15) is 0 Å². The minimum atomic E-state index is 0.227. The molecule has 0 saturated carbocycles. The molecule has 0 aliphatic carbocycles. The van der Waals surface area contributed by atoms with Crippen LogP contribution in [0.15, 0.2) is 0 Å². The van der Waals surface area contributed by atoms with Crippen LogP contribution >= 0.6 is 0 Å². The largest absolute Gasteiger partial charge is 0.378 e. The standard InChI is InChI=1S/C13H24O2/c1-11(2)6-5-7-12(14)10-13-8-3-4-9-15-13/h11,13H,3-10H2,1-2H3. The lowest BCUT2D eigenvalue weighted by molar-refractivity contribution is -0.122. The highest BCUT2D eigenvalue weighted by molar-refractivity contribution is 5.78. The molecule has 0 bridgehead atoms. The Bertz CT molecular complexity index is 181. The fraction of sp³-hybridized carbons (Fsp3) is 0.923. The Morgan fingerprint density at radius 2 is 2.20 bits per heavy atom. The molecular formula is C13H24O2. The molecule has 0 aromatic heterocycles. The van der Waals surface area contributed by atoms with Gasteiger partial charge in [-0.15, -0.1) is 0 Å². The van der Waals surface area contributed by atoms with Gasteiger partial charge in [-0.05, 0) is 31.6 Å². The molecule has 1 aliphatic rings. The third-order valence-electron chi connectivity index (χ3n) is 2.97. The second-order valence-corrected chi connectivity index (χ2v) is 5.02. The SMILES string of the molecule is CC(C)CCCC(=O)CC1CCCCO1.